The lowest BCUT2D eigenvalue weighted by molar-refractivity contribution is 0.0502. The Labute approximate surface area is 130 Å². The summed E-state index contributed by atoms with van der Waals surface area (Å²) in [4.78, 5) is 11.7. The maximum atomic E-state index is 13.5. The lowest BCUT2D eigenvalue weighted by atomic mass is 10.2. The minimum absolute atomic E-state index is 0.127. The molecule has 22 heavy (non-hydrogen) atoms. The van der Waals surface area contributed by atoms with Crippen molar-refractivity contribution < 1.29 is 18.3 Å². The summed E-state index contributed by atoms with van der Waals surface area (Å²) < 4.78 is 31.5. The second kappa shape index (κ2) is 8.08. The smallest absolute Gasteiger partial charge is 0.407 e. The second-order valence-corrected chi connectivity index (χ2v) is 6.12. The van der Waals surface area contributed by atoms with Gasteiger partial charge >= 0.3 is 6.09 Å². The van der Waals surface area contributed by atoms with Crippen molar-refractivity contribution in [2.24, 2.45) is 0 Å². The normalized spacial score (nSPS) is 12.8. The summed E-state index contributed by atoms with van der Waals surface area (Å²) in [6, 6.07) is 3.35. The minimum Gasteiger partial charge on any atom is -0.444 e. The van der Waals surface area contributed by atoms with E-state index in [1.54, 1.807) is 20.8 Å². The van der Waals surface area contributed by atoms with E-state index in [0.717, 1.165) is 6.07 Å². The molecule has 1 rings (SSSR count). The average molecular weight is 314 g/mol. The molecule has 1 aromatic rings. The number of ether oxygens (including phenoxy) is 1. The number of carbonyl (C=O) groups is 1. The van der Waals surface area contributed by atoms with Crippen molar-refractivity contribution in [1.29, 1.82) is 0 Å². The molecule has 0 aliphatic rings. The molecule has 0 fully saturated rings. The molecule has 0 aliphatic carbocycles. The largest absolute Gasteiger partial charge is 0.444 e. The highest BCUT2D eigenvalue weighted by atomic mass is 19.1. The van der Waals surface area contributed by atoms with Crippen LogP contribution >= 0.6 is 0 Å². The van der Waals surface area contributed by atoms with Gasteiger partial charge in [0.15, 0.2) is 0 Å². The molecule has 0 spiro atoms. The fraction of sp³-hybridized carbons (Fsp3) is 0.562. The molecule has 0 saturated carbocycles. The molecule has 0 radical (unpaired) electrons. The van der Waals surface area contributed by atoms with Crippen molar-refractivity contribution in [3.63, 3.8) is 0 Å². The molecule has 1 unspecified atom stereocenters. The van der Waals surface area contributed by atoms with Gasteiger partial charge in [0, 0.05) is 30.8 Å². The molecule has 1 amide bonds. The van der Waals surface area contributed by atoms with Crippen LogP contribution in [-0.4, -0.2) is 24.3 Å². The van der Waals surface area contributed by atoms with Crippen LogP contribution in [0.3, 0.4) is 0 Å². The molecule has 0 heterocycles. The van der Waals surface area contributed by atoms with E-state index in [9.17, 15) is 13.6 Å². The van der Waals surface area contributed by atoms with Gasteiger partial charge in [-0.2, -0.15) is 0 Å². The van der Waals surface area contributed by atoms with Gasteiger partial charge < -0.3 is 15.4 Å². The standard InChI is InChI=1S/C16H24F2N2O2/c1-5-13(20-15(21)22-16(2,3)4)10-19-9-11-6-7-12(17)8-14(11)18/h6-8,13,19H,5,9-10H2,1-4H3,(H,20,21). The quantitative estimate of drug-likeness (QED) is 0.846. The number of halogens is 2. The Hall–Kier alpha value is -1.69. The van der Waals surface area contributed by atoms with Crippen LogP contribution in [0.4, 0.5) is 13.6 Å². The molecule has 1 atom stereocenters. The van der Waals surface area contributed by atoms with Crippen LogP contribution in [0.1, 0.15) is 39.7 Å². The number of amides is 1. The Morgan fingerprint density at radius 1 is 1.32 bits per heavy atom. The zero-order valence-electron chi connectivity index (χ0n) is 13.5. The zero-order chi connectivity index (χ0) is 16.8. The Morgan fingerprint density at radius 3 is 2.55 bits per heavy atom. The van der Waals surface area contributed by atoms with Crippen molar-refractivity contribution in [3.8, 4) is 0 Å². The van der Waals surface area contributed by atoms with Crippen molar-refractivity contribution in [1.82, 2.24) is 10.6 Å². The fourth-order valence-corrected chi connectivity index (χ4v) is 1.82. The first-order valence-corrected chi connectivity index (χ1v) is 7.35. The third kappa shape index (κ3) is 6.85. The predicted octanol–water partition coefficient (Wildman–Crippen LogP) is 3.36. The summed E-state index contributed by atoms with van der Waals surface area (Å²) in [6.45, 7) is 8.04. The summed E-state index contributed by atoms with van der Waals surface area (Å²) in [5, 5.41) is 5.80. The van der Waals surface area contributed by atoms with Crippen LogP contribution in [-0.2, 0) is 11.3 Å². The van der Waals surface area contributed by atoms with E-state index >= 15 is 0 Å². The van der Waals surface area contributed by atoms with Crippen LogP contribution in [0.2, 0.25) is 0 Å². The van der Waals surface area contributed by atoms with Crippen molar-refractivity contribution in [2.45, 2.75) is 52.3 Å². The van der Waals surface area contributed by atoms with Crippen molar-refractivity contribution in [3.05, 3.63) is 35.4 Å². The van der Waals surface area contributed by atoms with E-state index in [-0.39, 0.29) is 12.6 Å². The van der Waals surface area contributed by atoms with Gasteiger partial charge in [-0.05, 0) is 33.3 Å². The summed E-state index contributed by atoms with van der Waals surface area (Å²) in [6.07, 6.45) is 0.229. The summed E-state index contributed by atoms with van der Waals surface area (Å²) in [5.74, 6) is -1.18. The third-order valence-corrected chi connectivity index (χ3v) is 2.93. The van der Waals surface area contributed by atoms with E-state index in [1.807, 2.05) is 6.92 Å². The van der Waals surface area contributed by atoms with Gasteiger partial charge in [0.05, 0.1) is 0 Å². The van der Waals surface area contributed by atoms with Crippen LogP contribution in [0.5, 0.6) is 0 Å². The van der Waals surface area contributed by atoms with Crippen molar-refractivity contribution >= 4 is 6.09 Å². The van der Waals surface area contributed by atoms with Gasteiger partial charge in [-0.3, -0.25) is 0 Å². The van der Waals surface area contributed by atoms with Gasteiger partial charge in [-0.25, -0.2) is 13.6 Å². The molecule has 0 saturated heterocycles. The molecule has 124 valence electrons. The fourth-order valence-electron chi connectivity index (χ4n) is 1.82. The van der Waals surface area contributed by atoms with Gasteiger partial charge in [-0.1, -0.05) is 13.0 Å². The second-order valence-electron chi connectivity index (χ2n) is 6.12. The Kier molecular flexibility index (Phi) is 6.74. The predicted molar refractivity (Wildman–Crippen MR) is 81.5 cm³/mol. The van der Waals surface area contributed by atoms with Gasteiger partial charge in [-0.15, -0.1) is 0 Å². The first-order valence-electron chi connectivity index (χ1n) is 7.35. The monoisotopic (exact) mass is 314 g/mol. The molecule has 1 aromatic carbocycles. The van der Waals surface area contributed by atoms with Crippen molar-refractivity contribution in [2.75, 3.05) is 6.54 Å². The topological polar surface area (TPSA) is 50.4 Å². The number of benzene rings is 1. The maximum Gasteiger partial charge on any atom is 0.407 e. The van der Waals surface area contributed by atoms with Crippen LogP contribution < -0.4 is 10.6 Å². The molecular formula is C16H24F2N2O2. The molecule has 4 nitrogen and oxygen atoms in total. The van der Waals surface area contributed by atoms with E-state index in [0.29, 0.717) is 18.5 Å². The highest BCUT2D eigenvalue weighted by Crippen LogP contribution is 2.09. The molecular weight excluding hydrogens is 290 g/mol. The molecule has 2 N–H and O–H groups in total. The van der Waals surface area contributed by atoms with E-state index in [1.165, 1.54) is 12.1 Å². The lowest BCUT2D eigenvalue weighted by Crippen LogP contribution is -2.43. The lowest BCUT2D eigenvalue weighted by Gasteiger charge is -2.23. The van der Waals surface area contributed by atoms with Gasteiger partial charge in [0.1, 0.15) is 17.2 Å². The number of hydrogen-bond acceptors (Lipinski definition) is 3. The number of nitrogens with one attached hydrogen (secondary N) is 2. The highest BCUT2D eigenvalue weighted by molar-refractivity contribution is 5.68. The first kappa shape index (κ1) is 18.4. The number of carbonyl (C=O) groups excluding carboxylic acids is 1. The molecule has 0 bridgehead atoms. The third-order valence-electron chi connectivity index (χ3n) is 2.93. The summed E-state index contributed by atoms with van der Waals surface area (Å²) >= 11 is 0. The zero-order valence-corrected chi connectivity index (χ0v) is 13.5. The SMILES string of the molecule is CCC(CNCc1ccc(F)cc1F)NC(=O)OC(C)(C)C. The maximum absolute atomic E-state index is 13.5. The Morgan fingerprint density at radius 2 is 2.00 bits per heavy atom. The van der Waals surface area contributed by atoms with Gasteiger partial charge in [0.2, 0.25) is 0 Å². The number of hydrogen-bond donors (Lipinski definition) is 2. The first-order chi connectivity index (χ1) is 10.2. The Bertz CT molecular complexity index is 501. The summed E-state index contributed by atoms with van der Waals surface area (Å²) in [5.41, 5.74) is -0.166. The molecule has 6 heteroatoms. The number of rotatable bonds is 6. The van der Waals surface area contributed by atoms with Crippen LogP contribution in [0.15, 0.2) is 18.2 Å². The molecule has 0 aliphatic heterocycles. The molecule has 0 aromatic heterocycles. The minimum atomic E-state index is -0.598. The van der Waals surface area contributed by atoms with E-state index in [2.05, 4.69) is 10.6 Å². The van der Waals surface area contributed by atoms with Crippen LogP contribution in [0.25, 0.3) is 0 Å². The highest BCUT2D eigenvalue weighted by Gasteiger charge is 2.18. The Balaban J connectivity index is 2.42. The number of alkyl carbamates (subject to hydrolysis) is 1. The van der Waals surface area contributed by atoms with Gasteiger partial charge in [0.25, 0.3) is 0 Å². The van der Waals surface area contributed by atoms with E-state index in [4.69, 9.17) is 4.74 Å². The van der Waals surface area contributed by atoms with Crippen LogP contribution in [0, 0.1) is 11.6 Å². The average Bonchev–Trinajstić information content (AvgIpc) is 2.37. The summed E-state index contributed by atoms with van der Waals surface area (Å²) in [7, 11) is 0. The van der Waals surface area contributed by atoms with E-state index < -0.39 is 23.3 Å².